The van der Waals surface area contributed by atoms with Crippen molar-refractivity contribution in [1.82, 2.24) is 4.90 Å². The van der Waals surface area contributed by atoms with Gasteiger partial charge in [-0.25, -0.2) is 0 Å². The van der Waals surface area contributed by atoms with E-state index in [9.17, 15) is 4.79 Å². The summed E-state index contributed by atoms with van der Waals surface area (Å²) in [5, 5.41) is 0. The average Bonchev–Trinajstić information content (AvgIpc) is 3.24. The number of carbonyl (C=O) groups is 1. The number of Topliss-reactive ketones (excluding diaryl/α,β-unsaturated/α-hetero) is 1. The predicted octanol–water partition coefficient (Wildman–Crippen LogP) is 2.95. The molecular formula is C17H24N2O. The van der Waals surface area contributed by atoms with Crippen LogP contribution in [0.2, 0.25) is 0 Å². The highest BCUT2D eigenvalue weighted by atomic mass is 16.1. The van der Waals surface area contributed by atoms with E-state index in [0.29, 0.717) is 5.78 Å². The third-order valence-electron chi connectivity index (χ3n) is 4.85. The summed E-state index contributed by atoms with van der Waals surface area (Å²) >= 11 is 0. The molecule has 0 atom stereocenters. The van der Waals surface area contributed by atoms with Crippen LogP contribution in [-0.2, 0) is 0 Å². The predicted molar refractivity (Wildman–Crippen MR) is 82.5 cm³/mol. The smallest absolute Gasteiger partial charge is 0.190 e. The fraction of sp³-hybridized carbons (Fsp3) is 0.588. The Balaban J connectivity index is 1.71. The maximum absolute atomic E-state index is 12.5. The van der Waals surface area contributed by atoms with Gasteiger partial charge in [0.15, 0.2) is 5.78 Å². The van der Waals surface area contributed by atoms with E-state index in [1.807, 2.05) is 18.2 Å². The minimum absolute atomic E-state index is 0.160. The van der Waals surface area contributed by atoms with Gasteiger partial charge in [-0.05, 0) is 51.0 Å². The molecule has 0 aromatic heterocycles. The first-order valence-corrected chi connectivity index (χ1v) is 7.86. The summed E-state index contributed by atoms with van der Waals surface area (Å²) in [6, 6.07) is 8.12. The SMILES string of the molecule is CCN(CC)CCCN1c2ccccc2C(=O)C12CC2. The fourth-order valence-electron chi connectivity index (χ4n) is 3.45. The van der Waals surface area contributed by atoms with Gasteiger partial charge in [-0.2, -0.15) is 0 Å². The van der Waals surface area contributed by atoms with Crippen molar-refractivity contribution in [3.63, 3.8) is 0 Å². The molecule has 0 bridgehead atoms. The highest BCUT2D eigenvalue weighted by Crippen LogP contribution is 2.52. The number of para-hydroxylation sites is 1. The molecule has 1 heterocycles. The van der Waals surface area contributed by atoms with Crippen molar-refractivity contribution in [2.24, 2.45) is 0 Å². The second kappa shape index (κ2) is 5.21. The Hall–Kier alpha value is -1.35. The van der Waals surface area contributed by atoms with Crippen LogP contribution < -0.4 is 4.90 Å². The van der Waals surface area contributed by atoms with Crippen LogP contribution in [0.4, 0.5) is 5.69 Å². The Bertz CT molecular complexity index is 503. The number of fused-ring (bicyclic) bond motifs is 1. The van der Waals surface area contributed by atoms with Gasteiger partial charge in [0.1, 0.15) is 5.54 Å². The minimum Gasteiger partial charge on any atom is -0.358 e. The van der Waals surface area contributed by atoms with Crippen LogP contribution in [0.3, 0.4) is 0 Å². The van der Waals surface area contributed by atoms with Gasteiger partial charge in [-0.3, -0.25) is 4.79 Å². The Morgan fingerprint density at radius 2 is 1.90 bits per heavy atom. The van der Waals surface area contributed by atoms with Gasteiger partial charge >= 0.3 is 0 Å². The van der Waals surface area contributed by atoms with Crippen LogP contribution in [0.25, 0.3) is 0 Å². The minimum atomic E-state index is -0.160. The zero-order chi connectivity index (χ0) is 14.2. The van der Waals surface area contributed by atoms with E-state index in [0.717, 1.165) is 56.7 Å². The molecule has 0 saturated heterocycles. The molecule has 3 heteroatoms. The summed E-state index contributed by atoms with van der Waals surface area (Å²) in [7, 11) is 0. The second-order valence-electron chi connectivity index (χ2n) is 5.91. The number of nitrogens with zero attached hydrogens (tertiary/aromatic N) is 2. The lowest BCUT2D eigenvalue weighted by molar-refractivity contribution is 0.0958. The Morgan fingerprint density at radius 1 is 1.20 bits per heavy atom. The Labute approximate surface area is 121 Å². The molecule has 3 rings (SSSR count). The van der Waals surface area contributed by atoms with Crippen LogP contribution in [0.5, 0.6) is 0 Å². The zero-order valence-corrected chi connectivity index (χ0v) is 12.6. The van der Waals surface area contributed by atoms with Crippen LogP contribution >= 0.6 is 0 Å². The van der Waals surface area contributed by atoms with Crippen molar-refractivity contribution in [1.29, 1.82) is 0 Å². The van der Waals surface area contributed by atoms with Crippen molar-refractivity contribution < 1.29 is 4.79 Å². The molecule has 108 valence electrons. The molecule has 3 nitrogen and oxygen atoms in total. The maximum atomic E-state index is 12.5. The van der Waals surface area contributed by atoms with E-state index >= 15 is 0 Å². The molecule has 2 aliphatic rings. The number of rotatable bonds is 6. The van der Waals surface area contributed by atoms with Gasteiger partial charge in [0.25, 0.3) is 0 Å². The zero-order valence-electron chi connectivity index (χ0n) is 12.6. The van der Waals surface area contributed by atoms with E-state index in [-0.39, 0.29) is 5.54 Å². The van der Waals surface area contributed by atoms with Crippen molar-refractivity contribution >= 4 is 11.5 Å². The molecule has 1 aromatic carbocycles. The standard InChI is InChI=1S/C17H24N2O/c1-3-18(4-2)12-7-13-19-15-9-6-5-8-14(15)16(20)17(19)10-11-17/h5-6,8-9H,3-4,7,10-13H2,1-2H3. The number of carbonyl (C=O) groups excluding carboxylic acids is 1. The summed E-state index contributed by atoms with van der Waals surface area (Å²) in [5.74, 6) is 0.357. The van der Waals surface area contributed by atoms with Crippen molar-refractivity contribution in [2.75, 3.05) is 31.1 Å². The fourth-order valence-corrected chi connectivity index (χ4v) is 3.45. The first-order valence-electron chi connectivity index (χ1n) is 7.86. The van der Waals surface area contributed by atoms with Crippen molar-refractivity contribution in [2.45, 2.75) is 38.6 Å². The number of ketones is 1. The van der Waals surface area contributed by atoms with Crippen LogP contribution in [-0.4, -0.2) is 42.4 Å². The summed E-state index contributed by atoms with van der Waals surface area (Å²) in [4.78, 5) is 17.4. The number of benzene rings is 1. The molecule has 20 heavy (non-hydrogen) atoms. The lowest BCUT2D eigenvalue weighted by Crippen LogP contribution is -2.39. The molecule has 1 aromatic rings. The topological polar surface area (TPSA) is 23.6 Å². The van der Waals surface area contributed by atoms with Gasteiger partial charge < -0.3 is 9.80 Å². The van der Waals surface area contributed by atoms with Gasteiger partial charge in [-0.1, -0.05) is 26.0 Å². The first kappa shape index (κ1) is 13.6. The number of anilines is 1. The van der Waals surface area contributed by atoms with E-state index in [4.69, 9.17) is 0 Å². The molecule has 0 unspecified atom stereocenters. The Morgan fingerprint density at radius 3 is 2.55 bits per heavy atom. The van der Waals surface area contributed by atoms with E-state index in [1.54, 1.807) is 0 Å². The van der Waals surface area contributed by atoms with E-state index in [2.05, 4.69) is 29.7 Å². The largest absolute Gasteiger partial charge is 0.358 e. The van der Waals surface area contributed by atoms with Crippen LogP contribution in [0.1, 0.15) is 43.5 Å². The van der Waals surface area contributed by atoms with E-state index in [1.165, 1.54) is 0 Å². The Kier molecular flexibility index (Phi) is 3.55. The molecule has 0 N–H and O–H groups in total. The lowest BCUT2D eigenvalue weighted by atomic mass is 10.1. The summed E-state index contributed by atoms with van der Waals surface area (Å²) in [6.45, 7) is 8.75. The molecule has 0 amide bonds. The quantitative estimate of drug-likeness (QED) is 0.795. The molecule has 1 fully saturated rings. The van der Waals surface area contributed by atoms with Crippen LogP contribution in [0.15, 0.2) is 24.3 Å². The molecule has 1 saturated carbocycles. The second-order valence-corrected chi connectivity index (χ2v) is 5.91. The average molecular weight is 272 g/mol. The number of hydrogen-bond donors (Lipinski definition) is 0. The molecule has 1 aliphatic heterocycles. The van der Waals surface area contributed by atoms with Crippen LogP contribution in [0, 0.1) is 0 Å². The summed E-state index contributed by atoms with van der Waals surface area (Å²) in [6.07, 6.45) is 3.20. The highest BCUT2D eigenvalue weighted by Gasteiger charge is 2.59. The van der Waals surface area contributed by atoms with Gasteiger partial charge in [0, 0.05) is 17.8 Å². The van der Waals surface area contributed by atoms with Crippen molar-refractivity contribution in [3.8, 4) is 0 Å². The number of hydrogen-bond acceptors (Lipinski definition) is 3. The molecule has 1 spiro atoms. The third kappa shape index (κ3) is 2.05. The summed E-state index contributed by atoms with van der Waals surface area (Å²) in [5.41, 5.74) is 1.94. The molecule has 1 aliphatic carbocycles. The normalized spacial score (nSPS) is 18.9. The monoisotopic (exact) mass is 272 g/mol. The highest BCUT2D eigenvalue weighted by molar-refractivity contribution is 6.15. The third-order valence-corrected chi connectivity index (χ3v) is 4.85. The maximum Gasteiger partial charge on any atom is 0.190 e. The first-order chi connectivity index (χ1) is 9.73. The summed E-state index contributed by atoms with van der Waals surface area (Å²) < 4.78 is 0. The molecule has 0 radical (unpaired) electrons. The van der Waals surface area contributed by atoms with Gasteiger partial charge in [0.05, 0.1) is 0 Å². The lowest BCUT2D eigenvalue weighted by Gasteiger charge is -2.27. The van der Waals surface area contributed by atoms with Gasteiger partial charge in [-0.15, -0.1) is 0 Å². The molecular weight excluding hydrogens is 248 g/mol. The van der Waals surface area contributed by atoms with Gasteiger partial charge in [0.2, 0.25) is 0 Å². The van der Waals surface area contributed by atoms with Crippen molar-refractivity contribution in [3.05, 3.63) is 29.8 Å². The van der Waals surface area contributed by atoms with E-state index < -0.39 is 0 Å².